The van der Waals surface area contributed by atoms with Crippen molar-refractivity contribution in [1.82, 2.24) is 15.1 Å². The number of fused-ring (bicyclic) bond motifs is 9. The fourth-order valence-electron chi connectivity index (χ4n) is 7.73. The highest BCUT2D eigenvalue weighted by Gasteiger charge is 2.56. The normalized spacial score (nSPS) is 25.9. The Kier molecular flexibility index (Phi) is 7.40. The minimum Gasteiger partial charge on any atom is -0.504 e. The fourth-order valence-corrected chi connectivity index (χ4v) is 7.73. The summed E-state index contributed by atoms with van der Waals surface area (Å²) in [6.07, 6.45) is 2.78. The van der Waals surface area contributed by atoms with E-state index in [0.717, 1.165) is 33.4 Å². The lowest BCUT2D eigenvalue weighted by molar-refractivity contribution is -0.123. The van der Waals surface area contributed by atoms with Crippen LogP contribution in [0, 0.1) is 25.2 Å². The first-order valence-electron chi connectivity index (χ1n) is 14.6. The Hall–Kier alpha value is -3.98. The lowest BCUT2D eigenvalue weighted by Crippen LogP contribution is -2.68. The number of rotatable bonds is 7. The molecule has 1 saturated heterocycles. The number of hydrogen-bond acceptors (Lipinski definition) is 10. The summed E-state index contributed by atoms with van der Waals surface area (Å²) in [6, 6.07) is 2.30. The van der Waals surface area contributed by atoms with E-state index in [0.29, 0.717) is 42.4 Å². The number of aryl methyl sites for hydroxylation is 1. The number of phenols is 1. The standard InChI is InChI=1S/C32H39N5O6/c1-7-8-41-29-16(3)30-31(43-14-42-30)25-19(29)11-21-26-24-18(9-15(2)28(40-6)27(24)38)10-20(36(26)5)22(12-33)37(21)23(25)13-35-32(39)17(4)34/h7,9,17,20-23,26,38H,1,8,10-11,13-14,34H2,2-6H3,(H,35,39)/t17-,20+,21?,22-,23-,26-/m0/s1. The first-order chi connectivity index (χ1) is 20.6. The average Bonchev–Trinajstić information content (AvgIpc) is 3.46. The van der Waals surface area contributed by atoms with Crippen molar-refractivity contribution in [3.8, 4) is 34.8 Å². The van der Waals surface area contributed by atoms with Gasteiger partial charge >= 0.3 is 0 Å². The number of methoxy groups -OCH3 is 1. The number of piperazine rings is 1. The SMILES string of the molecule is C=CCOc1c(C)c2c(c3c1CC1[C@H]4c5c(cc(C)c(OC)c5O)C[C@H]([C@H](C#N)N1[C@H]3CNC(=O)[C@H](C)N)N4C)OCO2. The summed E-state index contributed by atoms with van der Waals surface area (Å²) < 4.78 is 24.0. The van der Waals surface area contributed by atoms with E-state index >= 15 is 0 Å². The van der Waals surface area contributed by atoms with E-state index in [1.165, 1.54) is 0 Å². The van der Waals surface area contributed by atoms with E-state index in [2.05, 4.69) is 33.8 Å². The summed E-state index contributed by atoms with van der Waals surface area (Å²) in [4.78, 5) is 17.2. The number of aromatic hydroxyl groups is 1. The maximum atomic E-state index is 12.8. The molecule has 1 fully saturated rings. The van der Waals surface area contributed by atoms with Crippen LogP contribution in [0.1, 0.15) is 52.4 Å². The van der Waals surface area contributed by atoms with Gasteiger partial charge in [-0.1, -0.05) is 18.7 Å². The highest BCUT2D eigenvalue weighted by molar-refractivity contribution is 5.81. The van der Waals surface area contributed by atoms with Gasteiger partial charge in [0.2, 0.25) is 12.7 Å². The van der Waals surface area contributed by atoms with Gasteiger partial charge < -0.3 is 35.1 Å². The van der Waals surface area contributed by atoms with Gasteiger partial charge in [-0.25, -0.2) is 0 Å². The van der Waals surface area contributed by atoms with Crippen LogP contribution >= 0.6 is 0 Å². The van der Waals surface area contributed by atoms with Crippen molar-refractivity contribution < 1.29 is 28.8 Å². The summed E-state index contributed by atoms with van der Waals surface area (Å²) in [7, 11) is 3.58. The molecular formula is C32H39N5O6. The number of carbonyl (C=O) groups excluding carboxylic acids is 1. The second-order valence-corrected chi connectivity index (χ2v) is 11.9. The third kappa shape index (κ3) is 4.31. The van der Waals surface area contributed by atoms with Crippen LogP contribution in [0.4, 0.5) is 0 Å². The minimum absolute atomic E-state index is 0.0614. The van der Waals surface area contributed by atoms with Crippen LogP contribution in [0.25, 0.3) is 0 Å². The first-order valence-corrected chi connectivity index (χ1v) is 14.6. The number of benzene rings is 2. The predicted octanol–water partition coefficient (Wildman–Crippen LogP) is 2.55. The number of carbonyl (C=O) groups is 1. The molecule has 4 aliphatic heterocycles. The second kappa shape index (κ2) is 10.9. The minimum atomic E-state index is -0.702. The number of nitrogens with zero attached hydrogens (tertiary/aromatic N) is 3. The van der Waals surface area contributed by atoms with Crippen molar-refractivity contribution in [3.63, 3.8) is 0 Å². The molecule has 11 heteroatoms. The van der Waals surface area contributed by atoms with E-state index in [1.54, 1.807) is 20.1 Å². The van der Waals surface area contributed by atoms with Crippen molar-refractivity contribution in [2.75, 3.05) is 34.1 Å². The molecule has 4 N–H and O–H groups in total. The van der Waals surface area contributed by atoms with Crippen LogP contribution in [-0.4, -0.2) is 79.1 Å². The highest BCUT2D eigenvalue weighted by atomic mass is 16.7. The van der Waals surface area contributed by atoms with Gasteiger partial charge in [-0.3, -0.25) is 14.6 Å². The molecule has 0 saturated carbocycles. The van der Waals surface area contributed by atoms with Crippen LogP contribution in [0.15, 0.2) is 18.7 Å². The number of phenolic OH excluding ortho intramolecular Hbond substituents is 1. The highest BCUT2D eigenvalue weighted by Crippen LogP contribution is 2.58. The molecule has 4 heterocycles. The Morgan fingerprint density at radius 3 is 2.70 bits per heavy atom. The van der Waals surface area contributed by atoms with Crippen molar-refractivity contribution in [1.29, 1.82) is 5.26 Å². The molecule has 0 aliphatic carbocycles. The number of likely N-dealkylation sites (N-methyl/N-ethyl adjacent to an activating group) is 1. The van der Waals surface area contributed by atoms with E-state index in [-0.39, 0.29) is 43.1 Å². The summed E-state index contributed by atoms with van der Waals surface area (Å²) in [5.41, 5.74) is 11.2. The van der Waals surface area contributed by atoms with Crippen LogP contribution in [0.5, 0.6) is 28.7 Å². The Morgan fingerprint density at radius 2 is 2.02 bits per heavy atom. The predicted molar refractivity (Wildman–Crippen MR) is 159 cm³/mol. The molecule has 1 unspecified atom stereocenters. The molecule has 11 nitrogen and oxygen atoms in total. The molecule has 6 atom stereocenters. The van der Waals surface area contributed by atoms with E-state index in [9.17, 15) is 15.2 Å². The first kappa shape index (κ1) is 29.1. The molecule has 4 aliphatic rings. The summed E-state index contributed by atoms with van der Waals surface area (Å²) >= 11 is 0. The van der Waals surface area contributed by atoms with Gasteiger partial charge in [0, 0.05) is 40.9 Å². The number of nitriles is 1. The van der Waals surface area contributed by atoms with Gasteiger partial charge in [0.05, 0.1) is 31.3 Å². The molecule has 228 valence electrons. The molecule has 6 rings (SSSR count). The molecule has 0 aromatic heterocycles. The molecule has 2 bridgehead atoms. The molecular weight excluding hydrogens is 550 g/mol. The smallest absolute Gasteiger partial charge is 0.236 e. The lowest BCUT2D eigenvalue weighted by atomic mass is 9.71. The van der Waals surface area contributed by atoms with Gasteiger partial charge in [-0.2, -0.15) is 5.26 Å². The third-order valence-electron chi connectivity index (χ3n) is 9.49. The lowest BCUT2D eigenvalue weighted by Gasteiger charge is -2.60. The zero-order valence-corrected chi connectivity index (χ0v) is 25.3. The van der Waals surface area contributed by atoms with Gasteiger partial charge in [0.15, 0.2) is 23.0 Å². The molecule has 2 aromatic carbocycles. The second-order valence-electron chi connectivity index (χ2n) is 11.9. The van der Waals surface area contributed by atoms with E-state index in [1.807, 2.05) is 20.9 Å². The molecule has 2 aromatic rings. The van der Waals surface area contributed by atoms with Crippen LogP contribution in [0.3, 0.4) is 0 Å². The molecule has 0 spiro atoms. The molecule has 43 heavy (non-hydrogen) atoms. The number of nitrogens with one attached hydrogen (secondary N) is 1. The number of nitrogens with two attached hydrogens (primary N) is 1. The Labute approximate surface area is 251 Å². The summed E-state index contributed by atoms with van der Waals surface area (Å²) in [5.74, 6) is 2.18. The number of ether oxygens (including phenoxy) is 4. The summed E-state index contributed by atoms with van der Waals surface area (Å²) in [6.45, 7) is 9.89. The third-order valence-corrected chi connectivity index (χ3v) is 9.49. The zero-order valence-electron chi connectivity index (χ0n) is 25.3. The van der Waals surface area contributed by atoms with Gasteiger partial charge in [-0.05, 0) is 51.8 Å². The van der Waals surface area contributed by atoms with Crippen molar-refractivity contribution in [3.05, 3.63) is 52.1 Å². The van der Waals surface area contributed by atoms with Crippen molar-refractivity contribution in [2.45, 2.75) is 69.9 Å². The number of hydrogen-bond donors (Lipinski definition) is 3. The maximum Gasteiger partial charge on any atom is 0.236 e. The Morgan fingerprint density at radius 1 is 1.28 bits per heavy atom. The molecule has 0 radical (unpaired) electrons. The van der Waals surface area contributed by atoms with Gasteiger partial charge in [-0.15, -0.1) is 0 Å². The monoisotopic (exact) mass is 589 g/mol. The van der Waals surface area contributed by atoms with Crippen LogP contribution < -0.4 is 30.0 Å². The van der Waals surface area contributed by atoms with Crippen LogP contribution in [-0.2, 0) is 17.6 Å². The Balaban J connectivity index is 1.60. The van der Waals surface area contributed by atoms with Crippen molar-refractivity contribution in [2.24, 2.45) is 5.73 Å². The van der Waals surface area contributed by atoms with E-state index in [4.69, 9.17) is 24.7 Å². The maximum absolute atomic E-state index is 12.8. The number of amides is 1. The summed E-state index contributed by atoms with van der Waals surface area (Å²) in [5, 5.41) is 25.4. The van der Waals surface area contributed by atoms with E-state index < -0.39 is 18.1 Å². The van der Waals surface area contributed by atoms with Crippen LogP contribution in [0.2, 0.25) is 0 Å². The average molecular weight is 590 g/mol. The quantitative estimate of drug-likeness (QED) is 0.413. The fraction of sp³-hybridized carbons (Fsp3) is 0.500. The molecule has 1 amide bonds. The van der Waals surface area contributed by atoms with Gasteiger partial charge in [0.1, 0.15) is 18.4 Å². The largest absolute Gasteiger partial charge is 0.504 e. The van der Waals surface area contributed by atoms with Gasteiger partial charge in [0.25, 0.3) is 0 Å². The zero-order chi connectivity index (χ0) is 30.7. The Bertz CT molecular complexity index is 1530. The topological polar surface area (TPSA) is 143 Å². The van der Waals surface area contributed by atoms with Crippen molar-refractivity contribution >= 4 is 5.91 Å².